The maximum absolute atomic E-state index is 13.6. The largest absolute Gasteiger partial charge is 0.348 e. The zero-order valence-corrected chi connectivity index (χ0v) is 16.7. The standard InChI is InChI=1S/C23H21N3O2S/c27-21-10-14-29-20-9-8-17(15-18(20)24-21)23(28)26-13-12-25-11-4-7-19(25)22(26)16-5-2-1-3-6-16/h1-9,11,15,22H,10,12-14H2,(H,24,27). The summed E-state index contributed by atoms with van der Waals surface area (Å²) in [5, 5.41) is 2.94. The van der Waals surface area contributed by atoms with Crippen molar-refractivity contribution in [1.82, 2.24) is 9.47 Å². The van der Waals surface area contributed by atoms with Gasteiger partial charge in [0.05, 0.1) is 11.7 Å². The first kappa shape index (κ1) is 18.1. The Bertz CT molecular complexity index is 1080. The van der Waals surface area contributed by atoms with Gasteiger partial charge >= 0.3 is 0 Å². The minimum absolute atomic E-state index is 0.00110. The van der Waals surface area contributed by atoms with Gasteiger partial charge in [0, 0.05) is 47.6 Å². The molecule has 5 rings (SSSR count). The van der Waals surface area contributed by atoms with E-state index in [2.05, 4.69) is 34.3 Å². The lowest BCUT2D eigenvalue weighted by molar-refractivity contribution is -0.115. The molecule has 5 nitrogen and oxygen atoms in total. The molecule has 0 saturated heterocycles. The summed E-state index contributed by atoms with van der Waals surface area (Å²) in [7, 11) is 0. The molecule has 6 heteroatoms. The topological polar surface area (TPSA) is 54.3 Å². The van der Waals surface area contributed by atoms with Crippen molar-refractivity contribution in [2.24, 2.45) is 0 Å². The predicted molar refractivity (Wildman–Crippen MR) is 114 cm³/mol. The molecule has 3 aromatic rings. The first-order valence-electron chi connectivity index (χ1n) is 9.78. The second-order valence-corrected chi connectivity index (χ2v) is 8.43. The highest BCUT2D eigenvalue weighted by atomic mass is 32.2. The fraction of sp³-hybridized carbons (Fsp3) is 0.217. The Morgan fingerprint density at radius 1 is 1.03 bits per heavy atom. The van der Waals surface area contributed by atoms with Gasteiger partial charge in [0.25, 0.3) is 5.91 Å². The van der Waals surface area contributed by atoms with Crippen LogP contribution >= 0.6 is 11.8 Å². The van der Waals surface area contributed by atoms with Gasteiger partial charge in [0.2, 0.25) is 5.91 Å². The summed E-state index contributed by atoms with van der Waals surface area (Å²) in [6.07, 6.45) is 2.56. The number of thioether (sulfide) groups is 1. The number of hydrogen-bond donors (Lipinski definition) is 1. The molecule has 0 saturated carbocycles. The molecule has 0 radical (unpaired) electrons. The van der Waals surface area contributed by atoms with Gasteiger partial charge in [0.1, 0.15) is 0 Å². The summed E-state index contributed by atoms with van der Waals surface area (Å²) in [5.41, 5.74) is 3.56. The van der Waals surface area contributed by atoms with Crippen molar-refractivity contribution >= 4 is 29.3 Å². The van der Waals surface area contributed by atoms with E-state index in [4.69, 9.17) is 0 Å². The molecule has 0 spiro atoms. The molecule has 1 atom stereocenters. The van der Waals surface area contributed by atoms with E-state index in [1.54, 1.807) is 11.8 Å². The van der Waals surface area contributed by atoms with Crippen LogP contribution in [-0.2, 0) is 11.3 Å². The van der Waals surface area contributed by atoms with E-state index in [1.165, 1.54) is 0 Å². The summed E-state index contributed by atoms with van der Waals surface area (Å²) in [5.74, 6) is 0.738. The normalized spacial score (nSPS) is 18.4. The maximum atomic E-state index is 13.6. The molecule has 146 valence electrons. The van der Waals surface area contributed by atoms with Crippen LogP contribution in [0.1, 0.15) is 34.1 Å². The predicted octanol–water partition coefficient (Wildman–Crippen LogP) is 4.17. The lowest BCUT2D eigenvalue weighted by Crippen LogP contribution is -2.42. The van der Waals surface area contributed by atoms with Crippen LogP contribution in [0.4, 0.5) is 5.69 Å². The third kappa shape index (κ3) is 3.34. The third-order valence-corrected chi connectivity index (χ3v) is 6.58. The molecule has 2 aliphatic heterocycles. The number of nitrogens with one attached hydrogen (secondary N) is 1. The van der Waals surface area contributed by atoms with Crippen molar-refractivity contribution in [3.63, 3.8) is 0 Å². The van der Waals surface area contributed by atoms with E-state index < -0.39 is 0 Å². The molecule has 0 aliphatic carbocycles. The van der Waals surface area contributed by atoms with Crippen molar-refractivity contribution in [3.8, 4) is 0 Å². The van der Waals surface area contributed by atoms with Gasteiger partial charge in [-0.1, -0.05) is 30.3 Å². The molecular formula is C23H21N3O2S. The number of anilines is 1. The van der Waals surface area contributed by atoms with Gasteiger partial charge < -0.3 is 14.8 Å². The molecule has 1 N–H and O–H groups in total. The van der Waals surface area contributed by atoms with Crippen LogP contribution in [0.25, 0.3) is 0 Å². The average Bonchev–Trinajstić information content (AvgIpc) is 3.14. The smallest absolute Gasteiger partial charge is 0.254 e. The van der Waals surface area contributed by atoms with Crippen molar-refractivity contribution in [2.45, 2.75) is 23.9 Å². The summed E-state index contributed by atoms with van der Waals surface area (Å²) < 4.78 is 2.22. The van der Waals surface area contributed by atoms with Crippen molar-refractivity contribution in [3.05, 3.63) is 83.7 Å². The van der Waals surface area contributed by atoms with Gasteiger partial charge in [-0.3, -0.25) is 9.59 Å². The number of rotatable bonds is 2. The second kappa shape index (κ2) is 7.44. The number of carbonyl (C=O) groups is 2. The van der Waals surface area contributed by atoms with Crippen molar-refractivity contribution in [2.75, 3.05) is 17.6 Å². The molecule has 2 amide bonds. The van der Waals surface area contributed by atoms with Gasteiger partial charge in [-0.15, -0.1) is 11.8 Å². The van der Waals surface area contributed by atoms with E-state index >= 15 is 0 Å². The van der Waals surface area contributed by atoms with Crippen LogP contribution in [0, 0.1) is 0 Å². The molecule has 1 unspecified atom stereocenters. The van der Waals surface area contributed by atoms with Crippen LogP contribution in [0.5, 0.6) is 0 Å². The number of fused-ring (bicyclic) bond motifs is 2. The van der Waals surface area contributed by atoms with E-state index in [0.717, 1.165) is 34.1 Å². The third-order valence-electron chi connectivity index (χ3n) is 5.50. The average molecular weight is 404 g/mol. The van der Waals surface area contributed by atoms with Gasteiger partial charge in [-0.25, -0.2) is 0 Å². The first-order valence-corrected chi connectivity index (χ1v) is 10.8. The molecular weight excluding hydrogens is 382 g/mol. The Hall–Kier alpha value is -2.99. The fourth-order valence-electron chi connectivity index (χ4n) is 4.11. The molecule has 0 fully saturated rings. The lowest BCUT2D eigenvalue weighted by atomic mass is 9.99. The van der Waals surface area contributed by atoms with Crippen LogP contribution in [0.2, 0.25) is 0 Å². The van der Waals surface area contributed by atoms with Crippen LogP contribution in [-0.4, -0.2) is 33.6 Å². The highest BCUT2D eigenvalue weighted by Gasteiger charge is 2.33. The highest BCUT2D eigenvalue weighted by Crippen LogP contribution is 2.35. The lowest BCUT2D eigenvalue weighted by Gasteiger charge is -2.37. The Morgan fingerprint density at radius 3 is 2.76 bits per heavy atom. The van der Waals surface area contributed by atoms with E-state index in [-0.39, 0.29) is 17.9 Å². The highest BCUT2D eigenvalue weighted by molar-refractivity contribution is 7.99. The summed E-state index contributed by atoms with van der Waals surface area (Å²) in [6.45, 7) is 1.41. The second-order valence-electron chi connectivity index (χ2n) is 7.30. The number of nitrogens with zero attached hydrogens (tertiary/aromatic N) is 2. The fourth-order valence-corrected chi connectivity index (χ4v) is 5.04. The van der Waals surface area contributed by atoms with Crippen LogP contribution in [0.3, 0.4) is 0 Å². The number of amides is 2. The van der Waals surface area contributed by atoms with E-state index in [0.29, 0.717) is 18.5 Å². The number of aromatic nitrogens is 1. The minimum atomic E-state index is -0.129. The molecule has 2 aliphatic rings. The number of benzene rings is 2. The van der Waals surface area contributed by atoms with Gasteiger partial charge in [-0.05, 0) is 35.9 Å². The van der Waals surface area contributed by atoms with Crippen LogP contribution < -0.4 is 5.32 Å². The Kier molecular flexibility index (Phi) is 4.64. The number of carbonyl (C=O) groups excluding carboxylic acids is 2. The first-order chi connectivity index (χ1) is 14.2. The van der Waals surface area contributed by atoms with Crippen LogP contribution in [0.15, 0.2) is 71.8 Å². The minimum Gasteiger partial charge on any atom is -0.348 e. The van der Waals surface area contributed by atoms with E-state index in [9.17, 15) is 9.59 Å². The monoisotopic (exact) mass is 403 g/mol. The molecule has 2 aromatic carbocycles. The van der Waals surface area contributed by atoms with Gasteiger partial charge in [-0.2, -0.15) is 0 Å². The van der Waals surface area contributed by atoms with Gasteiger partial charge in [0.15, 0.2) is 0 Å². The Morgan fingerprint density at radius 2 is 1.90 bits per heavy atom. The molecule has 29 heavy (non-hydrogen) atoms. The molecule has 1 aromatic heterocycles. The zero-order chi connectivity index (χ0) is 19.8. The zero-order valence-electron chi connectivity index (χ0n) is 15.9. The molecule has 0 bridgehead atoms. The Labute approximate surface area is 173 Å². The van der Waals surface area contributed by atoms with Crippen molar-refractivity contribution in [1.29, 1.82) is 0 Å². The summed E-state index contributed by atoms with van der Waals surface area (Å²) in [6, 6.07) is 19.8. The summed E-state index contributed by atoms with van der Waals surface area (Å²) >= 11 is 1.65. The number of hydrogen-bond acceptors (Lipinski definition) is 3. The maximum Gasteiger partial charge on any atom is 0.254 e. The van der Waals surface area contributed by atoms with Crippen molar-refractivity contribution < 1.29 is 9.59 Å². The quantitative estimate of drug-likeness (QED) is 0.699. The summed E-state index contributed by atoms with van der Waals surface area (Å²) in [4.78, 5) is 28.5. The SMILES string of the molecule is O=C1CCSc2ccc(C(=O)N3CCn4cccc4C3c3ccccc3)cc2N1. The van der Waals surface area contributed by atoms with E-state index in [1.807, 2.05) is 47.4 Å². The molecule has 3 heterocycles. The Balaban J connectivity index is 1.53.